The molecule has 2 rings (SSSR count). The Hall–Kier alpha value is -1.87. The highest BCUT2D eigenvalue weighted by atomic mass is 32.2. The fraction of sp³-hybridized carbons (Fsp3) is 0.438. The van der Waals surface area contributed by atoms with Gasteiger partial charge in [0.2, 0.25) is 16.1 Å². The molecule has 5 nitrogen and oxygen atoms in total. The molecule has 0 bridgehead atoms. The van der Waals surface area contributed by atoms with Gasteiger partial charge in [-0.15, -0.1) is 0 Å². The number of ketones is 1. The summed E-state index contributed by atoms with van der Waals surface area (Å²) in [4.78, 5) is 11.4. The number of ether oxygens (including phenoxy) is 1. The van der Waals surface area contributed by atoms with Crippen LogP contribution >= 0.6 is 0 Å². The predicted molar refractivity (Wildman–Crippen MR) is 85.6 cm³/mol. The Morgan fingerprint density at radius 1 is 1.20 bits per heavy atom. The van der Waals surface area contributed by atoms with Crippen molar-refractivity contribution >= 4 is 21.9 Å². The van der Waals surface area contributed by atoms with E-state index >= 15 is 0 Å². The maximum absolute atomic E-state index is 13.1. The first kappa shape index (κ1) is 19.5. The molecule has 1 atom stereocenters. The summed E-state index contributed by atoms with van der Waals surface area (Å²) in [6, 6.07) is 3.49. The molecular formula is C16H18F3NO4S. The Labute approximate surface area is 143 Å². The Kier molecular flexibility index (Phi) is 4.77. The number of Topliss-reactive ketones (excluding diaryl/α,β-unsaturated/α-hetero) is 1. The zero-order valence-corrected chi connectivity index (χ0v) is 14.9. The Bertz CT molecular complexity index is 836. The lowest BCUT2D eigenvalue weighted by atomic mass is 9.98. The third-order valence-corrected chi connectivity index (χ3v) is 5.03. The molecule has 0 aromatic heterocycles. The summed E-state index contributed by atoms with van der Waals surface area (Å²) in [5, 5.41) is 0. The predicted octanol–water partition coefficient (Wildman–Crippen LogP) is 3.06. The highest BCUT2D eigenvalue weighted by Gasteiger charge is 2.47. The zero-order chi connectivity index (χ0) is 19.2. The van der Waals surface area contributed by atoms with Crippen molar-refractivity contribution in [2.45, 2.75) is 50.4 Å². The SMILES string of the molecule is CC(=O)C1=Cc2cc(S(=O)(=O)NC(C)(C)C)ccc2OC1C(F)(F)F. The van der Waals surface area contributed by atoms with E-state index in [1.807, 2.05) is 0 Å². The maximum Gasteiger partial charge on any atom is 0.429 e. The van der Waals surface area contributed by atoms with Crippen LogP contribution in [0.5, 0.6) is 5.75 Å². The summed E-state index contributed by atoms with van der Waals surface area (Å²) in [5.74, 6) is -0.934. The number of carbonyl (C=O) groups excluding carboxylic acids is 1. The van der Waals surface area contributed by atoms with Crippen LogP contribution in [0.15, 0.2) is 28.7 Å². The molecular weight excluding hydrogens is 359 g/mol. The topological polar surface area (TPSA) is 72.5 Å². The number of hydrogen-bond acceptors (Lipinski definition) is 4. The number of halogens is 3. The lowest BCUT2D eigenvalue weighted by Crippen LogP contribution is -2.41. The summed E-state index contributed by atoms with van der Waals surface area (Å²) >= 11 is 0. The monoisotopic (exact) mass is 377 g/mol. The molecule has 1 aliphatic rings. The molecule has 0 saturated heterocycles. The van der Waals surface area contributed by atoms with Crippen LogP contribution in [0.1, 0.15) is 33.3 Å². The minimum atomic E-state index is -4.76. The summed E-state index contributed by atoms with van der Waals surface area (Å²) in [6.45, 7) is 5.98. The first-order valence-electron chi connectivity index (χ1n) is 7.35. The summed E-state index contributed by atoms with van der Waals surface area (Å²) in [7, 11) is -3.87. The van der Waals surface area contributed by atoms with Gasteiger partial charge in [0, 0.05) is 16.7 Å². The molecule has 1 N–H and O–H groups in total. The summed E-state index contributed by atoms with van der Waals surface area (Å²) in [5.41, 5.74) is -1.20. The van der Waals surface area contributed by atoms with E-state index < -0.39 is 39.2 Å². The van der Waals surface area contributed by atoms with Gasteiger partial charge in [-0.1, -0.05) is 0 Å². The average molecular weight is 377 g/mol. The molecule has 0 spiro atoms. The van der Waals surface area contributed by atoms with Crippen LogP contribution < -0.4 is 9.46 Å². The second kappa shape index (κ2) is 6.14. The average Bonchev–Trinajstić information content (AvgIpc) is 2.41. The molecule has 1 aromatic rings. The van der Waals surface area contributed by atoms with Gasteiger partial charge in [-0.3, -0.25) is 4.79 Å². The Morgan fingerprint density at radius 2 is 1.80 bits per heavy atom. The lowest BCUT2D eigenvalue weighted by Gasteiger charge is -2.28. The molecule has 1 aromatic carbocycles. The minimum absolute atomic E-state index is 0.0995. The second-order valence-corrected chi connectivity index (χ2v) is 8.43. The standard InChI is InChI=1S/C16H18F3NO4S/c1-9(21)12-8-10-7-11(25(22,23)20-15(2,3)4)5-6-13(10)24-14(12)16(17,18)19/h5-8,14,20H,1-4H3. The van der Waals surface area contributed by atoms with Crippen LogP contribution in [-0.4, -0.2) is 32.0 Å². The quantitative estimate of drug-likeness (QED) is 0.879. The van der Waals surface area contributed by atoms with Crippen molar-refractivity contribution in [1.29, 1.82) is 0 Å². The van der Waals surface area contributed by atoms with E-state index in [4.69, 9.17) is 4.74 Å². The number of benzene rings is 1. The van der Waals surface area contributed by atoms with Crippen LogP contribution in [-0.2, 0) is 14.8 Å². The normalized spacial score (nSPS) is 18.2. The van der Waals surface area contributed by atoms with Gasteiger partial charge in [0.15, 0.2) is 5.78 Å². The maximum atomic E-state index is 13.1. The van der Waals surface area contributed by atoms with E-state index in [0.29, 0.717) is 0 Å². The van der Waals surface area contributed by atoms with Crippen molar-refractivity contribution in [3.05, 3.63) is 29.3 Å². The van der Waals surface area contributed by atoms with E-state index in [-0.39, 0.29) is 16.2 Å². The first-order chi connectivity index (χ1) is 11.2. The molecule has 0 aliphatic carbocycles. The molecule has 1 aliphatic heterocycles. The van der Waals surface area contributed by atoms with Gasteiger partial charge in [-0.2, -0.15) is 13.2 Å². The van der Waals surface area contributed by atoms with Crippen molar-refractivity contribution in [3.8, 4) is 5.75 Å². The lowest BCUT2D eigenvalue weighted by molar-refractivity contribution is -0.184. The smallest absolute Gasteiger partial charge is 0.429 e. The Balaban J connectivity index is 2.51. The van der Waals surface area contributed by atoms with Crippen LogP contribution in [0.3, 0.4) is 0 Å². The van der Waals surface area contributed by atoms with E-state index in [0.717, 1.165) is 25.1 Å². The molecule has 1 heterocycles. The van der Waals surface area contributed by atoms with E-state index in [1.54, 1.807) is 20.8 Å². The van der Waals surface area contributed by atoms with E-state index in [2.05, 4.69) is 4.72 Å². The molecule has 0 amide bonds. The number of sulfonamides is 1. The molecule has 25 heavy (non-hydrogen) atoms. The molecule has 138 valence electrons. The molecule has 0 saturated carbocycles. The van der Waals surface area contributed by atoms with Gasteiger partial charge in [0.05, 0.1) is 4.90 Å². The summed E-state index contributed by atoms with van der Waals surface area (Å²) in [6.07, 6.45) is -6.10. The summed E-state index contributed by atoms with van der Waals surface area (Å²) < 4.78 is 71.3. The molecule has 1 unspecified atom stereocenters. The van der Waals surface area contributed by atoms with Gasteiger partial charge in [0.1, 0.15) is 5.75 Å². The number of fused-ring (bicyclic) bond motifs is 1. The van der Waals surface area contributed by atoms with Gasteiger partial charge in [-0.05, 0) is 52.0 Å². The minimum Gasteiger partial charge on any atom is -0.475 e. The second-order valence-electron chi connectivity index (χ2n) is 6.75. The molecule has 0 fully saturated rings. The van der Waals surface area contributed by atoms with Crippen LogP contribution in [0.4, 0.5) is 13.2 Å². The first-order valence-corrected chi connectivity index (χ1v) is 8.83. The van der Waals surface area contributed by atoms with Gasteiger partial charge >= 0.3 is 6.18 Å². The van der Waals surface area contributed by atoms with Gasteiger partial charge < -0.3 is 4.74 Å². The van der Waals surface area contributed by atoms with Crippen molar-refractivity contribution in [3.63, 3.8) is 0 Å². The van der Waals surface area contributed by atoms with Crippen molar-refractivity contribution < 1.29 is 31.1 Å². The fourth-order valence-electron chi connectivity index (χ4n) is 2.34. The zero-order valence-electron chi connectivity index (χ0n) is 14.1. The van der Waals surface area contributed by atoms with Gasteiger partial charge in [0.25, 0.3) is 0 Å². The third kappa shape index (κ3) is 4.40. The largest absolute Gasteiger partial charge is 0.475 e. The highest BCUT2D eigenvalue weighted by molar-refractivity contribution is 7.89. The van der Waals surface area contributed by atoms with Crippen LogP contribution in [0.25, 0.3) is 6.08 Å². The van der Waals surface area contributed by atoms with Crippen molar-refractivity contribution in [2.24, 2.45) is 0 Å². The van der Waals surface area contributed by atoms with Gasteiger partial charge in [-0.25, -0.2) is 13.1 Å². The van der Waals surface area contributed by atoms with Crippen molar-refractivity contribution in [1.82, 2.24) is 4.72 Å². The van der Waals surface area contributed by atoms with E-state index in [1.165, 1.54) is 6.07 Å². The highest BCUT2D eigenvalue weighted by Crippen LogP contribution is 2.38. The number of nitrogens with one attached hydrogen (secondary N) is 1. The number of alkyl halides is 3. The number of rotatable bonds is 3. The fourth-order valence-corrected chi connectivity index (χ4v) is 3.79. The number of hydrogen-bond donors (Lipinski definition) is 1. The van der Waals surface area contributed by atoms with Crippen molar-refractivity contribution in [2.75, 3.05) is 0 Å². The Morgan fingerprint density at radius 3 is 2.28 bits per heavy atom. The van der Waals surface area contributed by atoms with Crippen LogP contribution in [0.2, 0.25) is 0 Å². The van der Waals surface area contributed by atoms with E-state index in [9.17, 15) is 26.4 Å². The van der Waals surface area contributed by atoms with Crippen LogP contribution in [0, 0.1) is 0 Å². The number of carbonyl (C=O) groups is 1. The molecule has 9 heteroatoms. The molecule has 0 radical (unpaired) electrons. The third-order valence-electron chi connectivity index (χ3n) is 3.27.